The molecule has 1 unspecified atom stereocenters. The summed E-state index contributed by atoms with van der Waals surface area (Å²) in [7, 11) is -4.05. The maximum absolute atomic E-state index is 12.5. The van der Waals surface area contributed by atoms with Crippen LogP contribution in [0.1, 0.15) is 26.7 Å². The Labute approximate surface area is 158 Å². The Bertz CT molecular complexity index is 880. The van der Waals surface area contributed by atoms with Gasteiger partial charge >= 0.3 is 0 Å². The summed E-state index contributed by atoms with van der Waals surface area (Å²) in [6.07, 6.45) is -0.318. The minimum Gasteiger partial charge on any atom is -0.326 e. The van der Waals surface area contributed by atoms with Gasteiger partial charge in [0.1, 0.15) is 0 Å². The van der Waals surface area contributed by atoms with Crippen LogP contribution in [0.25, 0.3) is 0 Å². The van der Waals surface area contributed by atoms with E-state index in [2.05, 4.69) is 10.6 Å². The number of nitrogens with one attached hydrogen (secondary N) is 2. The SMILES string of the molecule is CCCC(OS(=O)(=O)c1ccccc1)C(=O)Nc1ccc(NC(C)=O)cc1. The van der Waals surface area contributed by atoms with Crippen LogP contribution in [0.3, 0.4) is 0 Å². The van der Waals surface area contributed by atoms with Crippen LogP contribution in [0.4, 0.5) is 11.4 Å². The molecule has 0 radical (unpaired) electrons. The zero-order valence-electron chi connectivity index (χ0n) is 15.1. The van der Waals surface area contributed by atoms with Gasteiger partial charge in [-0.25, -0.2) is 0 Å². The summed E-state index contributed by atoms with van der Waals surface area (Å²) in [5.74, 6) is -0.752. The summed E-state index contributed by atoms with van der Waals surface area (Å²) in [4.78, 5) is 23.5. The van der Waals surface area contributed by atoms with Gasteiger partial charge in [-0.1, -0.05) is 31.5 Å². The van der Waals surface area contributed by atoms with Crippen molar-refractivity contribution >= 4 is 33.3 Å². The monoisotopic (exact) mass is 390 g/mol. The van der Waals surface area contributed by atoms with Crippen LogP contribution in [0.5, 0.6) is 0 Å². The third-order valence-corrected chi connectivity index (χ3v) is 4.93. The molecular weight excluding hydrogens is 368 g/mol. The fourth-order valence-electron chi connectivity index (χ4n) is 2.34. The van der Waals surface area contributed by atoms with Crippen LogP contribution < -0.4 is 10.6 Å². The molecule has 0 fully saturated rings. The highest BCUT2D eigenvalue weighted by Crippen LogP contribution is 2.19. The lowest BCUT2D eigenvalue weighted by molar-refractivity contribution is -0.122. The highest BCUT2D eigenvalue weighted by atomic mass is 32.2. The van der Waals surface area contributed by atoms with Crippen molar-refractivity contribution in [3.63, 3.8) is 0 Å². The van der Waals surface area contributed by atoms with Gasteiger partial charge in [0.2, 0.25) is 5.91 Å². The standard InChI is InChI=1S/C19H22N2O5S/c1-3-7-18(26-27(24,25)17-8-5-4-6-9-17)19(23)21-16-12-10-15(11-13-16)20-14(2)22/h4-6,8-13,18H,3,7H2,1-2H3,(H,20,22)(H,21,23). The average molecular weight is 390 g/mol. The van der Waals surface area contributed by atoms with Gasteiger partial charge in [0.05, 0.1) is 4.90 Å². The minimum atomic E-state index is -4.05. The molecule has 7 nitrogen and oxygen atoms in total. The Balaban J connectivity index is 2.09. The quantitative estimate of drug-likeness (QED) is 0.674. The lowest BCUT2D eigenvalue weighted by Gasteiger charge is -2.17. The molecule has 1 atom stereocenters. The lowest BCUT2D eigenvalue weighted by Crippen LogP contribution is -2.32. The molecule has 0 spiro atoms. The van der Waals surface area contributed by atoms with E-state index < -0.39 is 22.1 Å². The number of rotatable bonds is 8. The molecule has 0 aliphatic heterocycles. The van der Waals surface area contributed by atoms with Crippen molar-refractivity contribution in [2.75, 3.05) is 10.6 Å². The first-order valence-electron chi connectivity index (χ1n) is 8.48. The lowest BCUT2D eigenvalue weighted by atomic mass is 10.2. The van der Waals surface area contributed by atoms with Crippen LogP contribution in [0, 0.1) is 0 Å². The van der Waals surface area contributed by atoms with Gasteiger partial charge in [0.15, 0.2) is 6.10 Å². The van der Waals surface area contributed by atoms with Crippen LogP contribution in [0.15, 0.2) is 59.5 Å². The zero-order chi connectivity index (χ0) is 19.9. The smallest absolute Gasteiger partial charge is 0.297 e. The normalized spacial score (nSPS) is 12.2. The molecule has 2 aromatic rings. The van der Waals surface area contributed by atoms with E-state index >= 15 is 0 Å². The van der Waals surface area contributed by atoms with E-state index in [1.54, 1.807) is 42.5 Å². The van der Waals surface area contributed by atoms with Gasteiger partial charge in [-0.15, -0.1) is 0 Å². The van der Waals surface area contributed by atoms with Gasteiger partial charge in [0, 0.05) is 18.3 Å². The Hall–Kier alpha value is -2.71. The number of carbonyl (C=O) groups excluding carboxylic acids is 2. The molecule has 0 aromatic heterocycles. The molecule has 2 rings (SSSR count). The summed E-state index contributed by atoms with van der Waals surface area (Å²) >= 11 is 0. The van der Waals surface area contributed by atoms with E-state index in [-0.39, 0.29) is 17.2 Å². The Morgan fingerprint density at radius 3 is 2.04 bits per heavy atom. The van der Waals surface area contributed by atoms with Gasteiger partial charge in [-0.2, -0.15) is 8.42 Å². The third kappa shape index (κ3) is 6.19. The van der Waals surface area contributed by atoms with E-state index in [1.807, 2.05) is 6.92 Å². The van der Waals surface area contributed by atoms with Crippen LogP contribution in [-0.4, -0.2) is 26.3 Å². The van der Waals surface area contributed by atoms with Crippen molar-refractivity contribution in [1.29, 1.82) is 0 Å². The van der Waals surface area contributed by atoms with E-state index in [1.165, 1.54) is 19.1 Å². The number of benzene rings is 2. The van der Waals surface area contributed by atoms with Gasteiger partial charge in [-0.3, -0.25) is 13.8 Å². The summed E-state index contributed by atoms with van der Waals surface area (Å²) in [6.45, 7) is 3.23. The summed E-state index contributed by atoms with van der Waals surface area (Å²) < 4.78 is 29.9. The zero-order valence-corrected chi connectivity index (χ0v) is 16.0. The highest BCUT2D eigenvalue weighted by Gasteiger charge is 2.27. The second-order valence-electron chi connectivity index (χ2n) is 5.89. The fraction of sp³-hybridized carbons (Fsp3) is 0.263. The first-order chi connectivity index (χ1) is 12.8. The van der Waals surface area contributed by atoms with E-state index in [0.29, 0.717) is 17.8 Å². The largest absolute Gasteiger partial charge is 0.326 e. The van der Waals surface area contributed by atoms with Crippen LogP contribution in [0.2, 0.25) is 0 Å². The third-order valence-electron chi connectivity index (χ3n) is 3.59. The molecule has 0 saturated heterocycles. The van der Waals surface area contributed by atoms with Gasteiger partial charge in [0.25, 0.3) is 16.0 Å². The molecule has 2 amide bonds. The first kappa shape index (κ1) is 20.6. The summed E-state index contributed by atoms with van der Waals surface area (Å²) in [5, 5.41) is 5.26. The molecule has 144 valence electrons. The predicted molar refractivity (Wildman–Crippen MR) is 103 cm³/mol. The maximum Gasteiger partial charge on any atom is 0.297 e. The number of anilines is 2. The molecular formula is C19H22N2O5S. The Kier molecular flexibility index (Phi) is 7.09. The van der Waals surface area contributed by atoms with Crippen molar-refractivity contribution in [3.05, 3.63) is 54.6 Å². The van der Waals surface area contributed by atoms with Crippen molar-refractivity contribution < 1.29 is 22.2 Å². The molecule has 2 N–H and O–H groups in total. The molecule has 0 aliphatic rings. The maximum atomic E-state index is 12.5. The van der Waals surface area contributed by atoms with Crippen molar-refractivity contribution in [2.24, 2.45) is 0 Å². The number of carbonyl (C=O) groups is 2. The average Bonchev–Trinajstić information content (AvgIpc) is 2.63. The Morgan fingerprint density at radius 2 is 1.52 bits per heavy atom. The predicted octanol–water partition coefficient (Wildman–Crippen LogP) is 3.16. The number of hydrogen-bond donors (Lipinski definition) is 2. The van der Waals surface area contributed by atoms with Crippen molar-refractivity contribution in [1.82, 2.24) is 0 Å². The van der Waals surface area contributed by atoms with Crippen LogP contribution >= 0.6 is 0 Å². The topological polar surface area (TPSA) is 102 Å². The molecule has 27 heavy (non-hydrogen) atoms. The molecule has 2 aromatic carbocycles. The fourth-order valence-corrected chi connectivity index (χ4v) is 3.43. The summed E-state index contributed by atoms with van der Waals surface area (Å²) in [6, 6.07) is 14.2. The molecule has 0 heterocycles. The molecule has 0 aliphatic carbocycles. The van der Waals surface area contributed by atoms with Crippen molar-refractivity contribution in [2.45, 2.75) is 37.7 Å². The number of amides is 2. The second-order valence-corrected chi connectivity index (χ2v) is 7.46. The van der Waals surface area contributed by atoms with Crippen molar-refractivity contribution in [3.8, 4) is 0 Å². The van der Waals surface area contributed by atoms with Gasteiger partial charge in [-0.05, 0) is 42.8 Å². The summed E-state index contributed by atoms with van der Waals surface area (Å²) in [5.41, 5.74) is 1.06. The van der Waals surface area contributed by atoms with E-state index in [0.717, 1.165) is 0 Å². The first-order valence-corrected chi connectivity index (χ1v) is 9.89. The van der Waals surface area contributed by atoms with E-state index in [9.17, 15) is 18.0 Å². The molecule has 8 heteroatoms. The second kappa shape index (κ2) is 9.29. The number of hydrogen-bond acceptors (Lipinski definition) is 5. The molecule has 0 saturated carbocycles. The minimum absolute atomic E-state index is 0.00133. The van der Waals surface area contributed by atoms with E-state index in [4.69, 9.17) is 4.18 Å². The van der Waals surface area contributed by atoms with Gasteiger partial charge < -0.3 is 10.6 Å². The van der Waals surface area contributed by atoms with Crippen LogP contribution in [-0.2, 0) is 23.9 Å². The Morgan fingerprint density at radius 1 is 0.963 bits per heavy atom. The highest BCUT2D eigenvalue weighted by molar-refractivity contribution is 7.86. The molecule has 0 bridgehead atoms.